The number of unbranched alkanes of at least 4 members (excludes halogenated alkanes) is 6. The molecule has 0 spiro atoms. The highest BCUT2D eigenvalue weighted by Crippen LogP contribution is 2.03. The van der Waals surface area contributed by atoms with Crippen LogP contribution in [0.5, 0.6) is 0 Å². The van der Waals surface area contributed by atoms with E-state index in [0.29, 0.717) is 0 Å². The number of hydrogen-bond acceptors (Lipinski definition) is 0. The Balaban J connectivity index is 3.13. The maximum atomic E-state index is 3.72. The largest absolute Gasteiger partial charge is 0.103 e. The van der Waals surface area contributed by atoms with Crippen molar-refractivity contribution in [2.45, 2.75) is 64.7 Å². The van der Waals surface area contributed by atoms with Crippen molar-refractivity contribution in [1.82, 2.24) is 0 Å². The minimum absolute atomic E-state index is 1.14. The molecule has 0 atom stereocenters. The van der Waals surface area contributed by atoms with Crippen molar-refractivity contribution >= 4 is 0 Å². The summed E-state index contributed by atoms with van der Waals surface area (Å²) in [6.07, 6.45) is 22.5. The molecule has 0 heterocycles. The summed E-state index contributed by atoms with van der Waals surface area (Å²) in [7, 11) is 0. The first kappa shape index (κ1) is 15.2. The molecule has 0 N–H and O–H groups in total. The van der Waals surface area contributed by atoms with E-state index < -0.39 is 0 Å². The summed E-state index contributed by atoms with van der Waals surface area (Å²) in [5.41, 5.74) is 0. The lowest BCUT2D eigenvalue weighted by Gasteiger charge is -1.92. The molecule has 0 aromatic carbocycles. The van der Waals surface area contributed by atoms with Crippen molar-refractivity contribution in [3.05, 3.63) is 37.0 Å². The number of allylic oxidation sites excluding steroid dienone is 5. The monoisotopic (exact) mass is 220 g/mol. The van der Waals surface area contributed by atoms with Gasteiger partial charge in [-0.1, -0.05) is 50.1 Å². The lowest BCUT2D eigenvalue weighted by Crippen LogP contribution is -1.72. The summed E-state index contributed by atoms with van der Waals surface area (Å²) in [6.45, 7) is 5.96. The Hall–Kier alpha value is -0.780. The van der Waals surface area contributed by atoms with Gasteiger partial charge in [0.1, 0.15) is 0 Å². The van der Waals surface area contributed by atoms with Gasteiger partial charge >= 0.3 is 0 Å². The van der Waals surface area contributed by atoms with Gasteiger partial charge in [0.05, 0.1) is 0 Å². The molecule has 0 saturated heterocycles. The SMILES string of the molecule is C=CCCC/C=C/CCC/C=C\CCCC. The van der Waals surface area contributed by atoms with Crippen molar-refractivity contribution < 1.29 is 0 Å². The van der Waals surface area contributed by atoms with Gasteiger partial charge in [0.15, 0.2) is 0 Å². The second kappa shape index (κ2) is 14.2. The molecule has 0 radical (unpaired) electrons. The third-order valence-corrected chi connectivity index (χ3v) is 2.58. The summed E-state index contributed by atoms with van der Waals surface area (Å²) in [6, 6.07) is 0. The lowest BCUT2D eigenvalue weighted by atomic mass is 10.1. The Kier molecular flexibility index (Phi) is 13.5. The Bertz CT molecular complexity index is 186. The van der Waals surface area contributed by atoms with Crippen LogP contribution in [0.4, 0.5) is 0 Å². The van der Waals surface area contributed by atoms with Crippen LogP contribution >= 0.6 is 0 Å². The van der Waals surface area contributed by atoms with Crippen LogP contribution in [0, 0.1) is 0 Å². The second-order valence-electron chi connectivity index (χ2n) is 4.24. The molecule has 0 bridgehead atoms. The van der Waals surface area contributed by atoms with Crippen LogP contribution in [0.15, 0.2) is 37.0 Å². The Morgan fingerprint density at radius 3 is 1.56 bits per heavy atom. The van der Waals surface area contributed by atoms with E-state index in [1.165, 1.54) is 51.4 Å². The summed E-state index contributed by atoms with van der Waals surface area (Å²) in [5, 5.41) is 0. The quantitative estimate of drug-likeness (QED) is 0.304. The standard InChI is InChI=1S/C16H28/c1-3-5-7-9-11-13-15-16-14-12-10-8-6-4-2/h3,10-13H,1,4-9,14-16H2,2H3/b12-10-,13-11+. The molecule has 0 nitrogen and oxygen atoms in total. The van der Waals surface area contributed by atoms with Crippen molar-refractivity contribution in [3.8, 4) is 0 Å². The Morgan fingerprint density at radius 1 is 0.688 bits per heavy atom. The van der Waals surface area contributed by atoms with Gasteiger partial charge in [-0.25, -0.2) is 0 Å². The first-order valence-corrected chi connectivity index (χ1v) is 6.82. The predicted octanol–water partition coefficient (Wildman–Crippen LogP) is 5.82. The number of rotatable bonds is 11. The molecule has 0 heteroatoms. The van der Waals surface area contributed by atoms with E-state index in [-0.39, 0.29) is 0 Å². The third-order valence-electron chi connectivity index (χ3n) is 2.58. The Morgan fingerprint density at radius 2 is 1.12 bits per heavy atom. The van der Waals surface area contributed by atoms with Gasteiger partial charge in [-0.2, -0.15) is 0 Å². The molecule has 0 amide bonds. The highest BCUT2D eigenvalue weighted by atomic mass is 13.9. The first-order chi connectivity index (χ1) is 7.91. The average Bonchev–Trinajstić information content (AvgIpc) is 2.31. The van der Waals surface area contributed by atoms with Crippen LogP contribution in [0.2, 0.25) is 0 Å². The molecule has 16 heavy (non-hydrogen) atoms. The zero-order valence-electron chi connectivity index (χ0n) is 11.0. The van der Waals surface area contributed by atoms with Gasteiger partial charge in [0.25, 0.3) is 0 Å². The minimum Gasteiger partial charge on any atom is -0.103 e. The van der Waals surface area contributed by atoms with Gasteiger partial charge in [0.2, 0.25) is 0 Å². The molecule has 0 saturated carbocycles. The van der Waals surface area contributed by atoms with Crippen LogP contribution in [0.3, 0.4) is 0 Å². The van der Waals surface area contributed by atoms with E-state index in [9.17, 15) is 0 Å². The summed E-state index contributed by atoms with van der Waals surface area (Å²) >= 11 is 0. The van der Waals surface area contributed by atoms with Gasteiger partial charge in [-0.05, 0) is 44.9 Å². The van der Waals surface area contributed by atoms with E-state index in [2.05, 4.69) is 37.8 Å². The van der Waals surface area contributed by atoms with Crippen LogP contribution < -0.4 is 0 Å². The molecule has 0 aliphatic carbocycles. The van der Waals surface area contributed by atoms with Gasteiger partial charge in [-0.3, -0.25) is 0 Å². The topological polar surface area (TPSA) is 0 Å². The van der Waals surface area contributed by atoms with E-state index in [1.54, 1.807) is 0 Å². The van der Waals surface area contributed by atoms with Crippen molar-refractivity contribution in [2.24, 2.45) is 0 Å². The fraction of sp³-hybridized carbons (Fsp3) is 0.625. The first-order valence-electron chi connectivity index (χ1n) is 6.82. The van der Waals surface area contributed by atoms with E-state index in [1.807, 2.05) is 6.08 Å². The maximum absolute atomic E-state index is 3.72. The molecule has 0 fully saturated rings. The van der Waals surface area contributed by atoms with Gasteiger partial charge in [0, 0.05) is 0 Å². The van der Waals surface area contributed by atoms with Crippen LogP contribution in [-0.2, 0) is 0 Å². The molecule has 0 aliphatic heterocycles. The van der Waals surface area contributed by atoms with Crippen molar-refractivity contribution in [1.29, 1.82) is 0 Å². The predicted molar refractivity (Wildman–Crippen MR) is 75.7 cm³/mol. The highest BCUT2D eigenvalue weighted by molar-refractivity contribution is 4.85. The molecular formula is C16H28. The fourth-order valence-electron chi connectivity index (χ4n) is 1.53. The van der Waals surface area contributed by atoms with Crippen molar-refractivity contribution in [2.75, 3.05) is 0 Å². The summed E-state index contributed by atoms with van der Waals surface area (Å²) in [5.74, 6) is 0. The molecule has 0 aromatic heterocycles. The normalized spacial score (nSPS) is 11.6. The van der Waals surface area contributed by atoms with E-state index in [4.69, 9.17) is 0 Å². The van der Waals surface area contributed by atoms with Crippen LogP contribution in [0.25, 0.3) is 0 Å². The smallest absolute Gasteiger partial charge is 0.0348 e. The average molecular weight is 220 g/mol. The molecule has 0 aliphatic rings. The van der Waals surface area contributed by atoms with E-state index in [0.717, 1.165) is 6.42 Å². The Labute approximate surface area is 102 Å². The van der Waals surface area contributed by atoms with E-state index >= 15 is 0 Å². The van der Waals surface area contributed by atoms with Gasteiger partial charge < -0.3 is 0 Å². The maximum Gasteiger partial charge on any atom is -0.0348 e. The molecular weight excluding hydrogens is 192 g/mol. The second-order valence-corrected chi connectivity index (χ2v) is 4.24. The van der Waals surface area contributed by atoms with Crippen molar-refractivity contribution in [3.63, 3.8) is 0 Å². The summed E-state index contributed by atoms with van der Waals surface area (Å²) < 4.78 is 0. The molecule has 0 rings (SSSR count). The third kappa shape index (κ3) is 13.2. The summed E-state index contributed by atoms with van der Waals surface area (Å²) in [4.78, 5) is 0. The zero-order valence-corrected chi connectivity index (χ0v) is 11.0. The lowest BCUT2D eigenvalue weighted by molar-refractivity contribution is 0.804. The van der Waals surface area contributed by atoms with Crippen LogP contribution in [0.1, 0.15) is 64.7 Å². The molecule has 0 unspecified atom stereocenters. The zero-order chi connectivity index (χ0) is 11.9. The minimum atomic E-state index is 1.14. The fourth-order valence-corrected chi connectivity index (χ4v) is 1.53. The number of hydrogen-bond donors (Lipinski definition) is 0. The highest BCUT2D eigenvalue weighted by Gasteiger charge is 1.82. The van der Waals surface area contributed by atoms with Gasteiger partial charge in [-0.15, -0.1) is 6.58 Å². The van der Waals surface area contributed by atoms with Crippen LogP contribution in [-0.4, -0.2) is 0 Å². The molecule has 0 aromatic rings. The molecule has 92 valence electrons.